The summed E-state index contributed by atoms with van der Waals surface area (Å²) in [4.78, 5) is 13.3. The zero-order valence-corrected chi connectivity index (χ0v) is 18.7. The van der Waals surface area contributed by atoms with Crippen molar-refractivity contribution < 1.29 is 4.79 Å². The molecule has 7 heteroatoms. The third-order valence-corrected chi connectivity index (χ3v) is 6.01. The van der Waals surface area contributed by atoms with Gasteiger partial charge in [0.25, 0.3) is 5.91 Å². The smallest absolute Gasteiger partial charge is 0.269 e. The van der Waals surface area contributed by atoms with Gasteiger partial charge in [0.2, 0.25) is 0 Å². The highest BCUT2D eigenvalue weighted by atomic mass is 79.9. The van der Waals surface area contributed by atoms with Crippen molar-refractivity contribution in [3.8, 4) is 6.07 Å². The second-order valence-corrected chi connectivity index (χ2v) is 8.17. The highest BCUT2D eigenvalue weighted by Gasteiger charge is 2.21. The number of amides is 1. The number of aromatic nitrogens is 1. The van der Waals surface area contributed by atoms with E-state index in [9.17, 15) is 10.1 Å². The van der Waals surface area contributed by atoms with Gasteiger partial charge in [0.15, 0.2) is 0 Å². The number of nitrogens with one attached hydrogen (secondary N) is 2. The molecule has 0 bridgehead atoms. The lowest BCUT2D eigenvalue weighted by molar-refractivity contribution is 0.0941. The van der Waals surface area contributed by atoms with E-state index in [0.29, 0.717) is 29.9 Å². The van der Waals surface area contributed by atoms with E-state index in [0.717, 1.165) is 26.5 Å². The minimum atomic E-state index is -0.224. The molecule has 0 spiro atoms. The Morgan fingerprint density at radius 1 is 1.06 bits per heavy atom. The Morgan fingerprint density at radius 2 is 1.81 bits per heavy atom. The van der Waals surface area contributed by atoms with E-state index < -0.39 is 0 Å². The van der Waals surface area contributed by atoms with Crippen molar-refractivity contribution in [1.29, 1.82) is 10.7 Å². The first-order chi connectivity index (χ1) is 15.5. The molecular weight excluding hydrogens is 466 g/mol. The second-order valence-electron chi connectivity index (χ2n) is 7.37. The Labute approximate surface area is 193 Å². The molecule has 0 atom stereocenters. The molecule has 4 rings (SSSR count). The van der Waals surface area contributed by atoms with Crippen LogP contribution >= 0.6 is 15.9 Å². The number of carbonyl (C=O) groups excluding carboxylic acids is 1. The monoisotopic (exact) mass is 485 g/mol. The van der Waals surface area contributed by atoms with E-state index in [1.54, 1.807) is 18.2 Å². The fraction of sp³-hybridized carbons (Fsp3) is 0.0800. The number of fused-ring (bicyclic) bond motifs is 1. The van der Waals surface area contributed by atoms with Gasteiger partial charge in [-0.15, -0.1) is 0 Å². The third kappa shape index (κ3) is 4.27. The van der Waals surface area contributed by atoms with Crippen LogP contribution in [-0.2, 0) is 13.1 Å². The molecule has 3 aromatic carbocycles. The molecule has 0 aliphatic carbocycles. The van der Waals surface area contributed by atoms with Crippen LogP contribution in [0.1, 0.15) is 32.7 Å². The maximum atomic E-state index is 13.3. The molecule has 0 aliphatic heterocycles. The van der Waals surface area contributed by atoms with Crippen LogP contribution < -0.4 is 11.1 Å². The number of para-hydroxylation sites is 1. The Hall–Kier alpha value is -3.89. The summed E-state index contributed by atoms with van der Waals surface area (Å²) in [7, 11) is 0. The van der Waals surface area contributed by atoms with E-state index in [1.165, 1.54) is 0 Å². The van der Waals surface area contributed by atoms with Gasteiger partial charge in [0, 0.05) is 24.0 Å². The number of nitrogens with zero attached hydrogens (tertiary/aromatic N) is 2. The van der Waals surface area contributed by atoms with E-state index in [4.69, 9.17) is 11.1 Å². The average Bonchev–Trinajstić information content (AvgIpc) is 3.09. The predicted molar refractivity (Wildman–Crippen MR) is 129 cm³/mol. The fourth-order valence-electron chi connectivity index (χ4n) is 3.68. The first kappa shape index (κ1) is 21.3. The second kappa shape index (κ2) is 9.08. The number of benzene rings is 3. The Bertz CT molecular complexity index is 1380. The van der Waals surface area contributed by atoms with Crippen molar-refractivity contribution in [3.63, 3.8) is 0 Å². The Morgan fingerprint density at radius 3 is 2.59 bits per heavy atom. The molecule has 4 N–H and O–H groups in total. The molecule has 0 unspecified atom stereocenters. The lowest BCUT2D eigenvalue weighted by Crippen LogP contribution is -2.26. The van der Waals surface area contributed by atoms with Gasteiger partial charge in [-0.2, -0.15) is 5.26 Å². The first-order valence-electron chi connectivity index (χ1n) is 9.95. The topological polar surface area (TPSA) is 108 Å². The van der Waals surface area contributed by atoms with Crippen LogP contribution in [0.3, 0.4) is 0 Å². The lowest BCUT2D eigenvalue weighted by Gasteiger charge is -2.12. The molecule has 4 aromatic rings. The van der Waals surface area contributed by atoms with Crippen LogP contribution in [0.4, 0.5) is 0 Å². The number of halogens is 1. The Balaban J connectivity index is 1.68. The maximum Gasteiger partial charge on any atom is 0.269 e. The van der Waals surface area contributed by atoms with Gasteiger partial charge < -0.3 is 15.6 Å². The summed E-state index contributed by atoms with van der Waals surface area (Å²) in [6.45, 7) is 0.752. The Kier molecular flexibility index (Phi) is 6.06. The number of nitriles is 1. The van der Waals surface area contributed by atoms with Gasteiger partial charge in [-0.3, -0.25) is 10.2 Å². The molecule has 0 fully saturated rings. The van der Waals surface area contributed by atoms with E-state index in [2.05, 4.69) is 27.3 Å². The van der Waals surface area contributed by atoms with Crippen molar-refractivity contribution >= 4 is 38.6 Å². The van der Waals surface area contributed by atoms with E-state index in [1.807, 2.05) is 59.2 Å². The average molecular weight is 486 g/mol. The maximum absolute atomic E-state index is 13.3. The minimum Gasteiger partial charge on any atom is -0.384 e. The van der Waals surface area contributed by atoms with Crippen LogP contribution in [0.25, 0.3) is 10.9 Å². The van der Waals surface area contributed by atoms with Crippen LogP contribution in [0, 0.1) is 16.7 Å². The number of nitrogen functional groups attached to an aromatic ring is 1. The SMILES string of the molecule is N#Cc1cccc(Cn2c(C(=O)NCc3cccc(C(=N)N)c3)c(Br)c3ccccc32)c1. The number of hydrogen-bond donors (Lipinski definition) is 3. The molecule has 1 heterocycles. The zero-order valence-electron chi connectivity index (χ0n) is 17.1. The largest absolute Gasteiger partial charge is 0.384 e. The lowest BCUT2D eigenvalue weighted by atomic mass is 10.1. The molecule has 0 aliphatic rings. The number of amidine groups is 1. The number of hydrogen-bond acceptors (Lipinski definition) is 3. The predicted octanol–water partition coefficient (Wildman–Crippen LogP) is 4.54. The van der Waals surface area contributed by atoms with E-state index >= 15 is 0 Å². The van der Waals surface area contributed by atoms with Gasteiger partial charge in [-0.1, -0.05) is 48.5 Å². The third-order valence-electron chi connectivity index (χ3n) is 5.21. The van der Waals surface area contributed by atoms with Crippen LogP contribution in [-0.4, -0.2) is 16.3 Å². The molecule has 0 saturated heterocycles. The quantitative estimate of drug-likeness (QED) is 0.275. The summed E-state index contributed by atoms with van der Waals surface area (Å²) in [6.07, 6.45) is 0. The highest BCUT2D eigenvalue weighted by molar-refractivity contribution is 9.10. The molecule has 32 heavy (non-hydrogen) atoms. The summed E-state index contributed by atoms with van der Waals surface area (Å²) in [6, 6.07) is 24.6. The van der Waals surface area contributed by atoms with Crippen molar-refractivity contribution in [2.75, 3.05) is 0 Å². The molecule has 158 valence electrons. The number of rotatable bonds is 6. The molecule has 0 radical (unpaired) electrons. The van der Waals surface area contributed by atoms with Crippen LogP contribution in [0.5, 0.6) is 0 Å². The van der Waals surface area contributed by atoms with Crippen molar-refractivity contribution in [3.05, 3.63) is 105 Å². The summed E-state index contributed by atoms with van der Waals surface area (Å²) < 4.78 is 2.68. The highest BCUT2D eigenvalue weighted by Crippen LogP contribution is 2.32. The molecule has 0 saturated carbocycles. The van der Waals surface area contributed by atoms with Gasteiger partial charge in [-0.05, 0) is 51.3 Å². The standard InChI is InChI=1S/C25H20BrN5O/c26-22-20-9-1-2-10-21(20)31(15-18-7-3-5-16(11-18)13-27)23(22)25(32)30-14-17-6-4-8-19(12-17)24(28)29/h1-12H,14-15H2,(H3,28,29)(H,30,32). The number of carbonyl (C=O) groups is 1. The van der Waals surface area contributed by atoms with Crippen LogP contribution in [0.2, 0.25) is 0 Å². The fourth-order valence-corrected chi connectivity index (χ4v) is 4.41. The van der Waals surface area contributed by atoms with Gasteiger partial charge in [-0.25, -0.2) is 0 Å². The van der Waals surface area contributed by atoms with Gasteiger partial charge in [0.05, 0.1) is 21.6 Å². The number of nitrogens with two attached hydrogens (primary N) is 1. The zero-order chi connectivity index (χ0) is 22.7. The minimum absolute atomic E-state index is 0.0133. The van der Waals surface area contributed by atoms with E-state index in [-0.39, 0.29) is 11.7 Å². The molecule has 1 aromatic heterocycles. The molecule has 6 nitrogen and oxygen atoms in total. The van der Waals surface area contributed by atoms with Gasteiger partial charge >= 0.3 is 0 Å². The normalized spacial score (nSPS) is 10.6. The van der Waals surface area contributed by atoms with Crippen molar-refractivity contribution in [2.24, 2.45) is 5.73 Å². The van der Waals surface area contributed by atoms with Crippen LogP contribution in [0.15, 0.2) is 77.3 Å². The summed E-state index contributed by atoms with van der Waals surface area (Å²) in [5.74, 6) is -0.238. The summed E-state index contributed by atoms with van der Waals surface area (Å²) in [5.41, 5.74) is 9.98. The van der Waals surface area contributed by atoms with Crippen molar-refractivity contribution in [2.45, 2.75) is 13.1 Å². The van der Waals surface area contributed by atoms with Crippen molar-refractivity contribution in [1.82, 2.24) is 9.88 Å². The molecule has 1 amide bonds. The summed E-state index contributed by atoms with van der Waals surface area (Å²) in [5, 5.41) is 20.7. The molecular formula is C25H20BrN5O. The first-order valence-corrected chi connectivity index (χ1v) is 10.7. The summed E-state index contributed by atoms with van der Waals surface area (Å²) >= 11 is 3.62. The van der Waals surface area contributed by atoms with Gasteiger partial charge in [0.1, 0.15) is 11.5 Å².